The van der Waals surface area contributed by atoms with Gasteiger partial charge in [-0.2, -0.15) is 0 Å². The summed E-state index contributed by atoms with van der Waals surface area (Å²) >= 11 is 0. The summed E-state index contributed by atoms with van der Waals surface area (Å²) in [6.45, 7) is 1.59. The summed E-state index contributed by atoms with van der Waals surface area (Å²) in [5.74, 6) is -1.14. The zero-order chi connectivity index (χ0) is 10.6. The highest BCUT2D eigenvalue weighted by molar-refractivity contribution is 5.66. The number of pyridine rings is 1. The molecule has 0 atom stereocenters. The number of hydrogen-bond donors (Lipinski definition) is 1. The Morgan fingerprint density at radius 1 is 1.57 bits per heavy atom. The van der Waals surface area contributed by atoms with E-state index in [9.17, 15) is 9.18 Å². The second-order valence-electron chi connectivity index (χ2n) is 3.12. The standard InChI is InChI=1S/C10H12FNO2/c1-7-9(11)6-5-8(12-7)3-2-4-10(13)14/h5-6H,2-4H2,1H3,(H,13,14). The van der Waals surface area contributed by atoms with Crippen molar-refractivity contribution < 1.29 is 14.3 Å². The highest BCUT2D eigenvalue weighted by Crippen LogP contribution is 2.07. The lowest BCUT2D eigenvalue weighted by molar-refractivity contribution is -0.137. The summed E-state index contributed by atoms with van der Waals surface area (Å²) in [4.78, 5) is 14.2. The van der Waals surface area contributed by atoms with E-state index in [1.165, 1.54) is 6.07 Å². The Hall–Kier alpha value is -1.45. The van der Waals surface area contributed by atoms with E-state index in [0.29, 0.717) is 18.5 Å². The van der Waals surface area contributed by atoms with Crippen LogP contribution in [0.5, 0.6) is 0 Å². The van der Waals surface area contributed by atoms with Gasteiger partial charge in [-0.15, -0.1) is 0 Å². The number of hydrogen-bond acceptors (Lipinski definition) is 2. The van der Waals surface area contributed by atoms with E-state index in [0.717, 1.165) is 5.69 Å². The van der Waals surface area contributed by atoms with E-state index in [2.05, 4.69) is 4.98 Å². The quantitative estimate of drug-likeness (QED) is 0.802. The Labute approximate surface area is 81.6 Å². The monoisotopic (exact) mass is 197 g/mol. The van der Waals surface area contributed by atoms with Crippen LogP contribution in [0.1, 0.15) is 24.2 Å². The molecule has 1 heterocycles. The molecule has 1 N–H and O–H groups in total. The Bertz CT molecular complexity index is 339. The van der Waals surface area contributed by atoms with E-state index >= 15 is 0 Å². The third-order valence-corrected chi connectivity index (χ3v) is 1.90. The molecule has 0 aliphatic heterocycles. The van der Waals surface area contributed by atoms with Gasteiger partial charge in [-0.25, -0.2) is 4.39 Å². The van der Waals surface area contributed by atoms with Gasteiger partial charge in [0.1, 0.15) is 5.82 Å². The molecule has 0 amide bonds. The first-order chi connectivity index (χ1) is 6.59. The molecule has 1 rings (SSSR count). The SMILES string of the molecule is Cc1nc(CCCC(=O)O)ccc1F. The number of carbonyl (C=O) groups is 1. The van der Waals surface area contributed by atoms with Crippen molar-refractivity contribution in [2.75, 3.05) is 0 Å². The fraction of sp³-hybridized carbons (Fsp3) is 0.400. The first-order valence-corrected chi connectivity index (χ1v) is 4.43. The van der Waals surface area contributed by atoms with Crippen molar-refractivity contribution in [1.29, 1.82) is 0 Å². The van der Waals surface area contributed by atoms with Crippen molar-refractivity contribution in [3.8, 4) is 0 Å². The number of nitrogens with zero attached hydrogens (tertiary/aromatic N) is 1. The normalized spacial score (nSPS) is 10.1. The molecule has 1 aromatic rings. The highest BCUT2D eigenvalue weighted by Gasteiger charge is 2.02. The average molecular weight is 197 g/mol. The zero-order valence-corrected chi connectivity index (χ0v) is 7.96. The largest absolute Gasteiger partial charge is 0.481 e. The topological polar surface area (TPSA) is 50.2 Å². The van der Waals surface area contributed by atoms with Crippen molar-refractivity contribution in [1.82, 2.24) is 4.98 Å². The van der Waals surface area contributed by atoms with Crippen LogP contribution in [0.25, 0.3) is 0 Å². The molecule has 0 saturated carbocycles. The number of aromatic nitrogens is 1. The molecule has 76 valence electrons. The number of rotatable bonds is 4. The molecule has 0 saturated heterocycles. The molecule has 0 fully saturated rings. The molecule has 0 bridgehead atoms. The van der Waals surface area contributed by atoms with Gasteiger partial charge in [0.05, 0.1) is 5.69 Å². The molecular formula is C10H12FNO2. The van der Waals surface area contributed by atoms with Gasteiger partial charge in [-0.1, -0.05) is 0 Å². The van der Waals surface area contributed by atoms with Crippen molar-refractivity contribution >= 4 is 5.97 Å². The Kier molecular flexibility index (Phi) is 3.56. The fourth-order valence-corrected chi connectivity index (χ4v) is 1.16. The van der Waals surface area contributed by atoms with Gasteiger partial charge in [0.2, 0.25) is 0 Å². The predicted molar refractivity (Wildman–Crippen MR) is 49.5 cm³/mol. The van der Waals surface area contributed by atoms with Gasteiger partial charge in [0.25, 0.3) is 0 Å². The molecule has 4 heteroatoms. The van der Waals surface area contributed by atoms with Crippen molar-refractivity contribution in [2.45, 2.75) is 26.2 Å². The molecule has 3 nitrogen and oxygen atoms in total. The number of halogens is 1. The molecule has 0 unspecified atom stereocenters. The van der Waals surface area contributed by atoms with E-state index in [-0.39, 0.29) is 12.2 Å². The van der Waals surface area contributed by atoms with Crippen LogP contribution in [0.4, 0.5) is 4.39 Å². The van der Waals surface area contributed by atoms with E-state index < -0.39 is 5.97 Å². The van der Waals surface area contributed by atoms with Crippen molar-refractivity contribution in [3.05, 3.63) is 29.3 Å². The predicted octanol–water partition coefficient (Wildman–Crippen LogP) is 1.94. The molecule has 0 aromatic carbocycles. The van der Waals surface area contributed by atoms with Crippen LogP contribution in [-0.4, -0.2) is 16.1 Å². The summed E-state index contributed by atoms with van der Waals surface area (Å²) in [5.41, 5.74) is 1.10. The second-order valence-corrected chi connectivity index (χ2v) is 3.12. The molecular weight excluding hydrogens is 185 g/mol. The smallest absolute Gasteiger partial charge is 0.303 e. The van der Waals surface area contributed by atoms with Crippen molar-refractivity contribution in [3.63, 3.8) is 0 Å². The van der Waals surface area contributed by atoms with Gasteiger partial charge in [0, 0.05) is 12.1 Å². The van der Waals surface area contributed by atoms with Crippen LogP contribution < -0.4 is 0 Å². The van der Waals surface area contributed by atoms with Crippen molar-refractivity contribution in [2.24, 2.45) is 0 Å². The van der Waals surface area contributed by atoms with Gasteiger partial charge in [-0.3, -0.25) is 9.78 Å². The lowest BCUT2D eigenvalue weighted by Gasteiger charge is -2.01. The van der Waals surface area contributed by atoms with Crippen LogP contribution >= 0.6 is 0 Å². The zero-order valence-electron chi connectivity index (χ0n) is 7.96. The van der Waals surface area contributed by atoms with Crippen LogP contribution in [0.2, 0.25) is 0 Å². The Balaban J connectivity index is 2.51. The summed E-state index contributed by atoms with van der Waals surface area (Å²) in [6.07, 6.45) is 1.24. The van der Waals surface area contributed by atoms with Crippen LogP contribution in [0, 0.1) is 12.7 Å². The first kappa shape index (κ1) is 10.6. The number of aliphatic carboxylic acids is 1. The first-order valence-electron chi connectivity index (χ1n) is 4.43. The Morgan fingerprint density at radius 3 is 2.86 bits per heavy atom. The van der Waals surface area contributed by atoms with E-state index in [1.54, 1.807) is 13.0 Å². The molecule has 14 heavy (non-hydrogen) atoms. The summed E-state index contributed by atoms with van der Waals surface area (Å²) in [7, 11) is 0. The third-order valence-electron chi connectivity index (χ3n) is 1.90. The minimum Gasteiger partial charge on any atom is -0.481 e. The summed E-state index contributed by atoms with van der Waals surface area (Å²) in [5, 5.41) is 8.41. The van der Waals surface area contributed by atoms with Crippen LogP contribution in [-0.2, 0) is 11.2 Å². The molecule has 0 aliphatic carbocycles. The highest BCUT2D eigenvalue weighted by atomic mass is 19.1. The maximum atomic E-state index is 12.8. The molecule has 0 radical (unpaired) electrons. The van der Waals surface area contributed by atoms with Crippen LogP contribution in [0.3, 0.4) is 0 Å². The van der Waals surface area contributed by atoms with Gasteiger partial charge in [-0.05, 0) is 31.9 Å². The van der Waals surface area contributed by atoms with Gasteiger partial charge in [0.15, 0.2) is 0 Å². The summed E-state index contributed by atoms with van der Waals surface area (Å²) < 4.78 is 12.8. The summed E-state index contributed by atoms with van der Waals surface area (Å²) in [6, 6.07) is 2.95. The lowest BCUT2D eigenvalue weighted by atomic mass is 10.1. The third kappa shape index (κ3) is 3.12. The Morgan fingerprint density at radius 2 is 2.29 bits per heavy atom. The van der Waals surface area contributed by atoms with Crippen LogP contribution in [0.15, 0.2) is 12.1 Å². The minimum atomic E-state index is -0.816. The average Bonchev–Trinajstić information content (AvgIpc) is 2.10. The molecule has 0 aliphatic rings. The molecule has 0 spiro atoms. The molecule has 1 aromatic heterocycles. The van der Waals surface area contributed by atoms with Gasteiger partial charge >= 0.3 is 5.97 Å². The minimum absolute atomic E-state index is 0.123. The lowest BCUT2D eigenvalue weighted by Crippen LogP contribution is -1.99. The maximum absolute atomic E-state index is 12.8. The maximum Gasteiger partial charge on any atom is 0.303 e. The number of carboxylic acids is 1. The number of aryl methyl sites for hydroxylation is 2. The number of carboxylic acid groups (broad SMARTS) is 1. The second kappa shape index (κ2) is 4.69. The van der Waals surface area contributed by atoms with E-state index in [4.69, 9.17) is 5.11 Å². The fourth-order valence-electron chi connectivity index (χ4n) is 1.16. The van der Waals surface area contributed by atoms with E-state index in [1.807, 2.05) is 0 Å². The van der Waals surface area contributed by atoms with Gasteiger partial charge < -0.3 is 5.11 Å².